The van der Waals surface area contributed by atoms with E-state index in [4.69, 9.17) is 0 Å². The van der Waals surface area contributed by atoms with E-state index in [2.05, 4.69) is 10.3 Å². The molecule has 1 aromatic heterocycles. The molecule has 7 heteroatoms. The number of nitrogens with one attached hydrogen (secondary N) is 1. The van der Waals surface area contributed by atoms with E-state index in [-0.39, 0.29) is 24.1 Å². The molecule has 24 heavy (non-hydrogen) atoms. The second kappa shape index (κ2) is 8.84. The number of thioether (sulfide) groups is 1. The van der Waals surface area contributed by atoms with Crippen LogP contribution in [-0.2, 0) is 16.0 Å². The minimum atomic E-state index is -0.193. The predicted octanol–water partition coefficient (Wildman–Crippen LogP) is 3.20. The van der Waals surface area contributed by atoms with E-state index in [1.807, 2.05) is 43.5 Å². The summed E-state index contributed by atoms with van der Waals surface area (Å²) >= 11 is 2.92. The largest absolute Gasteiger partial charge is 0.336 e. The average Bonchev–Trinajstić information content (AvgIpc) is 2.98. The van der Waals surface area contributed by atoms with Crippen LogP contribution >= 0.6 is 23.1 Å². The molecule has 0 fully saturated rings. The summed E-state index contributed by atoms with van der Waals surface area (Å²) < 4.78 is 0.871. The first kappa shape index (κ1) is 18.5. The fourth-order valence-electron chi connectivity index (χ4n) is 2.08. The highest BCUT2D eigenvalue weighted by Gasteiger charge is 2.15. The van der Waals surface area contributed by atoms with Crippen LogP contribution in [0, 0.1) is 6.92 Å². The van der Waals surface area contributed by atoms with E-state index in [0.717, 1.165) is 27.7 Å². The highest BCUT2D eigenvalue weighted by Crippen LogP contribution is 2.22. The van der Waals surface area contributed by atoms with Gasteiger partial charge in [-0.2, -0.15) is 0 Å². The summed E-state index contributed by atoms with van der Waals surface area (Å²) in [4.78, 5) is 30.0. The summed E-state index contributed by atoms with van der Waals surface area (Å²) in [7, 11) is 1.64. The van der Waals surface area contributed by atoms with Gasteiger partial charge in [-0.25, -0.2) is 4.98 Å². The number of aryl methyl sites for hydroxylation is 2. The van der Waals surface area contributed by atoms with Gasteiger partial charge >= 0.3 is 0 Å². The molecule has 1 heterocycles. The van der Waals surface area contributed by atoms with Crippen molar-refractivity contribution in [1.29, 1.82) is 0 Å². The lowest BCUT2D eigenvalue weighted by molar-refractivity contribution is -0.131. The first-order chi connectivity index (χ1) is 11.5. The number of anilines is 1. The van der Waals surface area contributed by atoms with Crippen molar-refractivity contribution in [3.8, 4) is 0 Å². The van der Waals surface area contributed by atoms with Crippen molar-refractivity contribution in [2.24, 2.45) is 0 Å². The molecule has 0 aliphatic carbocycles. The normalized spacial score (nSPS) is 10.5. The third-order valence-electron chi connectivity index (χ3n) is 3.40. The van der Waals surface area contributed by atoms with Gasteiger partial charge in [-0.3, -0.25) is 9.59 Å². The predicted molar refractivity (Wildman–Crippen MR) is 99.7 cm³/mol. The fourth-order valence-corrected chi connectivity index (χ4v) is 3.87. The monoisotopic (exact) mass is 363 g/mol. The van der Waals surface area contributed by atoms with Gasteiger partial charge in [0.25, 0.3) is 0 Å². The molecule has 5 nitrogen and oxygen atoms in total. The zero-order valence-corrected chi connectivity index (χ0v) is 15.7. The summed E-state index contributed by atoms with van der Waals surface area (Å²) in [5.74, 6) is -0.00364. The number of likely N-dealkylation sites (N-methyl/N-ethyl adjacent to an activating group) is 1. The third-order valence-corrected chi connectivity index (χ3v) is 5.52. The van der Waals surface area contributed by atoms with Gasteiger partial charge in [0.05, 0.1) is 12.3 Å². The summed E-state index contributed by atoms with van der Waals surface area (Å²) in [6, 6.07) is 7.69. The lowest BCUT2D eigenvalue weighted by Gasteiger charge is -2.17. The molecule has 0 saturated heterocycles. The number of rotatable bonds is 7. The summed E-state index contributed by atoms with van der Waals surface area (Å²) in [5.41, 5.74) is 2.84. The Morgan fingerprint density at radius 2 is 2.08 bits per heavy atom. The quantitative estimate of drug-likeness (QED) is 0.768. The Hall–Kier alpha value is -1.86. The minimum absolute atomic E-state index is 0.0361. The molecule has 0 radical (unpaired) electrons. The molecule has 0 saturated carbocycles. The molecular formula is C17H21N3O2S2. The Morgan fingerprint density at radius 1 is 1.33 bits per heavy atom. The lowest BCUT2D eigenvalue weighted by atomic mass is 10.1. The summed E-state index contributed by atoms with van der Waals surface area (Å²) in [5, 5.41) is 4.83. The minimum Gasteiger partial charge on any atom is -0.336 e. The second-order valence-electron chi connectivity index (χ2n) is 5.35. The Balaban J connectivity index is 1.83. The van der Waals surface area contributed by atoms with Crippen LogP contribution in [0.2, 0.25) is 0 Å². The van der Waals surface area contributed by atoms with E-state index in [1.165, 1.54) is 28.0 Å². The summed E-state index contributed by atoms with van der Waals surface area (Å²) in [6.45, 7) is 4.00. The molecule has 0 bridgehead atoms. The van der Waals surface area contributed by atoms with Gasteiger partial charge in [0.1, 0.15) is 0 Å². The number of thiazole rings is 1. The molecule has 1 aromatic carbocycles. The number of hydrogen-bond donors (Lipinski definition) is 1. The maximum Gasteiger partial charge on any atom is 0.243 e. The first-order valence-electron chi connectivity index (χ1n) is 7.66. The molecule has 2 aromatic rings. The number of amides is 2. The molecule has 0 unspecified atom stereocenters. The molecular weight excluding hydrogens is 342 g/mol. The van der Waals surface area contributed by atoms with Crippen molar-refractivity contribution in [2.45, 2.75) is 24.6 Å². The summed E-state index contributed by atoms with van der Waals surface area (Å²) in [6.07, 6.45) is 0.842. The van der Waals surface area contributed by atoms with Crippen LogP contribution in [0.4, 0.5) is 5.69 Å². The Morgan fingerprint density at radius 3 is 2.75 bits per heavy atom. The molecule has 128 valence electrons. The molecule has 0 aliphatic rings. The average molecular weight is 364 g/mol. The number of nitrogens with zero attached hydrogens (tertiary/aromatic N) is 2. The number of carbonyl (C=O) groups excluding carboxylic acids is 2. The van der Waals surface area contributed by atoms with E-state index in [9.17, 15) is 9.59 Å². The van der Waals surface area contributed by atoms with Gasteiger partial charge in [0.2, 0.25) is 11.8 Å². The van der Waals surface area contributed by atoms with Crippen LogP contribution in [0.1, 0.15) is 18.2 Å². The molecule has 2 rings (SSSR count). The van der Waals surface area contributed by atoms with Gasteiger partial charge in [0, 0.05) is 23.8 Å². The number of hydrogen-bond acceptors (Lipinski definition) is 5. The molecule has 0 spiro atoms. The zero-order valence-electron chi connectivity index (χ0n) is 14.0. The van der Waals surface area contributed by atoms with Gasteiger partial charge in [-0.1, -0.05) is 36.9 Å². The van der Waals surface area contributed by atoms with E-state index in [1.54, 1.807) is 7.05 Å². The van der Waals surface area contributed by atoms with Gasteiger partial charge in [0.15, 0.2) is 4.34 Å². The highest BCUT2D eigenvalue weighted by atomic mass is 32.2. The van der Waals surface area contributed by atoms with Crippen LogP contribution in [0.5, 0.6) is 0 Å². The van der Waals surface area contributed by atoms with E-state index >= 15 is 0 Å². The number of para-hydroxylation sites is 1. The van der Waals surface area contributed by atoms with Crippen molar-refractivity contribution in [3.63, 3.8) is 0 Å². The topological polar surface area (TPSA) is 62.3 Å². The van der Waals surface area contributed by atoms with Crippen LogP contribution in [-0.4, -0.2) is 41.0 Å². The number of carbonyl (C=O) groups is 2. The molecule has 0 atom stereocenters. The van der Waals surface area contributed by atoms with Crippen LogP contribution in [0.15, 0.2) is 34.0 Å². The molecule has 1 N–H and O–H groups in total. The Kier molecular flexibility index (Phi) is 6.81. The van der Waals surface area contributed by atoms with Crippen LogP contribution in [0.3, 0.4) is 0 Å². The van der Waals surface area contributed by atoms with Crippen molar-refractivity contribution in [2.75, 3.05) is 24.7 Å². The Bertz CT molecular complexity index is 715. The maximum absolute atomic E-state index is 12.2. The standard InChI is InChI=1S/C17H21N3O2S2/c1-4-13-7-5-6-8-14(13)19-15(21)9-20(3)16(22)11-24-17-18-12(2)10-23-17/h5-8,10H,4,9,11H2,1-3H3,(H,19,21). The van der Waals surface area contributed by atoms with E-state index in [0.29, 0.717) is 0 Å². The van der Waals surface area contributed by atoms with Crippen molar-refractivity contribution >= 4 is 40.6 Å². The second-order valence-corrected chi connectivity index (χ2v) is 7.43. The zero-order chi connectivity index (χ0) is 17.5. The van der Waals surface area contributed by atoms with Gasteiger partial charge < -0.3 is 10.2 Å². The number of benzene rings is 1. The number of aromatic nitrogens is 1. The van der Waals surface area contributed by atoms with Gasteiger partial charge in [-0.15, -0.1) is 11.3 Å². The fraction of sp³-hybridized carbons (Fsp3) is 0.353. The van der Waals surface area contributed by atoms with Crippen LogP contribution < -0.4 is 5.32 Å². The van der Waals surface area contributed by atoms with Crippen molar-refractivity contribution in [3.05, 3.63) is 40.9 Å². The first-order valence-corrected chi connectivity index (χ1v) is 9.52. The smallest absolute Gasteiger partial charge is 0.243 e. The SMILES string of the molecule is CCc1ccccc1NC(=O)CN(C)C(=O)CSc1nc(C)cs1. The maximum atomic E-state index is 12.2. The highest BCUT2D eigenvalue weighted by molar-refractivity contribution is 8.01. The van der Waals surface area contributed by atoms with E-state index < -0.39 is 0 Å². The van der Waals surface area contributed by atoms with Crippen LogP contribution in [0.25, 0.3) is 0 Å². The third kappa shape index (κ3) is 5.35. The lowest BCUT2D eigenvalue weighted by Crippen LogP contribution is -2.36. The van der Waals surface area contributed by atoms with Crippen molar-refractivity contribution in [1.82, 2.24) is 9.88 Å². The Labute approximate surface area is 150 Å². The van der Waals surface area contributed by atoms with Gasteiger partial charge in [-0.05, 0) is 25.0 Å². The molecule has 0 aliphatic heterocycles. The van der Waals surface area contributed by atoms with Crippen molar-refractivity contribution < 1.29 is 9.59 Å². The molecule has 2 amide bonds.